The predicted molar refractivity (Wildman–Crippen MR) is 77.4 cm³/mol. The number of anilines is 1. The smallest absolute Gasteiger partial charge is 0.234 e. The van der Waals surface area contributed by atoms with Gasteiger partial charge >= 0.3 is 0 Å². The van der Waals surface area contributed by atoms with E-state index in [1.807, 2.05) is 31.2 Å². The lowest BCUT2D eigenvalue weighted by molar-refractivity contribution is -0.125. The lowest BCUT2D eigenvalue weighted by atomic mass is 9.85. The Morgan fingerprint density at radius 3 is 3.05 bits per heavy atom. The largest absolute Gasteiger partial charge is 0.396 e. The molecule has 1 saturated heterocycles. The van der Waals surface area contributed by atoms with Gasteiger partial charge in [0.05, 0.1) is 18.6 Å². The van der Waals surface area contributed by atoms with E-state index in [1.54, 1.807) is 0 Å². The molecular formula is C15H22N2O3. The number of nitrogens with two attached hydrogens (primary N) is 1. The van der Waals surface area contributed by atoms with Crippen LogP contribution in [-0.4, -0.2) is 36.9 Å². The topological polar surface area (TPSA) is 84.6 Å². The number of aliphatic hydroxyl groups excluding tert-OH is 1. The summed E-state index contributed by atoms with van der Waals surface area (Å²) in [4.78, 5) is 12.4. The van der Waals surface area contributed by atoms with E-state index in [-0.39, 0.29) is 18.6 Å². The molecule has 0 aromatic heterocycles. The Balaban J connectivity index is 2.04. The number of nitrogens with one attached hydrogen (secondary N) is 1. The van der Waals surface area contributed by atoms with Gasteiger partial charge in [0.25, 0.3) is 0 Å². The third-order valence-corrected chi connectivity index (χ3v) is 3.84. The van der Waals surface area contributed by atoms with E-state index >= 15 is 0 Å². The van der Waals surface area contributed by atoms with E-state index in [2.05, 4.69) is 5.32 Å². The second kappa shape index (κ2) is 6.35. The average molecular weight is 278 g/mol. The first kappa shape index (κ1) is 15.0. The predicted octanol–water partition coefficient (Wildman–Crippen LogP) is 0.914. The molecule has 5 heteroatoms. The zero-order chi connectivity index (χ0) is 14.6. The van der Waals surface area contributed by atoms with Crippen molar-refractivity contribution in [2.45, 2.75) is 25.8 Å². The molecule has 0 radical (unpaired) electrons. The van der Waals surface area contributed by atoms with E-state index in [0.29, 0.717) is 19.6 Å². The Hall–Kier alpha value is -1.43. The molecule has 1 fully saturated rings. The van der Waals surface area contributed by atoms with Crippen LogP contribution in [0.4, 0.5) is 5.69 Å². The molecule has 5 nitrogen and oxygen atoms in total. The fraction of sp³-hybridized carbons (Fsp3) is 0.533. The first-order chi connectivity index (χ1) is 9.56. The van der Waals surface area contributed by atoms with Crippen LogP contribution < -0.4 is 11.1 Å². The Morgan fingerprint density at radius 2 is 2.40 bits per heavy atom. The molecule has 1 amide bonds. The molecule has 4 N–H and O–H groups in total. The van der Waals surface area contributed by atoms with E-state index < -0.39 is 5.41 Å². The summed E-state index contributed by atoms with van der Waals surface area (Å²) in [5.74, 6) is -0.109. The van der Waals surface area contributed by atoms with Crippen molar-refractivity contribution >= 4 is 11.6 Å². The average Bonchev–Trinajstić information content (AvgIpc) is 2.78. The van der Waals surface area contributed by atoms with Gasteiger partial charge < -0.3 is 20.9 Å². The number of rotatable bonds is 5. The van der Waals surface area contributed by atoms with Gasteiger partial charge in [-0.2, -0.15) is 0 Å². The molecule has 1 aliphatic rings. The van der Waals surface area contributed by atoms with E-state index in [9.17, 15) is 4.79 Å². The van der Waals surface area contributed by atoms with Gasteiger partial charge in [-0.05, 0) is 37.5 Å². The van der Waals surface area contributed by atoms with Gasteiger partial charge in [-0.25, -0.2) is 0 Å². The molecule has 1 aliphatic heterocycles. The first-order valence-corrected chi connectivity index (χ1v) is 6.91. The van der Waals surface area contributed by atoms with Crippen LogP contribution in [0.2, 0.25) is 0 Å². The molecule has 2 rings (SSSR count). The van der Waals surface area contributed by atoms with E-state index in [0.717, 1.165) is 17.7 Å². The number of amides is 1. The second-order valence-corrected chi connectivity index (χ2v) is 5.52. The van der Waals surface area contributed by atoms with Gasteiger partial charge in [0.15, 0.2) is 0 Å². The van der Waals surface area contributed by atoms with Crippen molar-refractivity contribution in [2.75, 3.05) is 25.1 Å². The summed E-state index contributed by atoms with van der Waals surface area (Å²) in [5, 5.41) is 11.8. The Bertz CT molecular complexity index is 478. The maximum absolute atomic E-state index is 12.4. The monoisotopic (exact) mass is 278 g/mol. The Kier molecular flexibility index (Phi) is 4.75. The summed E-state index contributed by atoms with van der Waals surface area (Å²) < 4.78 is 5.29. The third kappa shape index (κ3) is 3.17. The van der Waals surface area contributed by atoms with Crippen LogP contribution in [0.3, 0.4) is 0 Å². The Labute approximate surface area is 119 Å². The standard InChI is InChI=1S/C15H22N2O3/c1-15(10-20-9-13(15)16)14(19)17-12-6-2-4-11(8-12)5-3-7-18/h2,4,6,8,13,18H,3,5,7,9-10,16H2,1H3,(H,17,19). The van der Waals surface area contributed by atoms with Crippen molar-refractivity contribution in [3.8, 4) is 0 Å². The van der Waals surface area contributed by atoms with Crippen molar-refractivity contribution < 1.29 is 14.6 Å². The maximum Gasteiger partial charge on any atom is 0.234 e. The summed E-state index contributed by atoms with van der Waals surface area (Å²) in [6.45, 7) is 2.77. The number of hydrogen-bond donors (Lipinski definition) is 3. The summed E-state index contributed by atoms with van der Waals surface area (Å²) >= 11 is 0. The molecule has 1 aromatic carbocycles. The molecule has 0 saturated carbocycles. The van der Waals surface area contributed by atoms with Gasteiger partial charge in [0.1, 0.15) is 0 Å². The summed E-state index contributed by atoms with van der Waals surface area (Å²) in [6.07, 6.45) is 1.51. The molecule has 2 atom stereocenters. The number of benzene rings is 1. The molecule has 1 heterocycles. The number of carbonyl (C=O) groups is 1. The van der Waals surface area contributed by atoms with Crippen molar-refractivity contribution in [1.29, 1.82) is 0 Å². The molecule has 2 unspecified atom stereocenters. The highest BCUT2D eigenvalue weighted by Gasteiger charge is 2.44. The van der Waals surface area contributed by atoms with Crippen molar-refractivity contribution in [3.05, 3.63) is 29.8 Å². The van der Waals surface area contributed by atoms with E-state index in [1.165, 1.54) is 0 Å². The molecule has 0 spiro atoms. The van der Waals surface area contributed by atoms with Gasteiger partial charge in [-0.15, -0.1) is 0 Å². The molecule has 110 valence electrons. The van der Waals surface area contributed by atoms with Crippen LogP contribution in [0, 0.1) is 5.41 Å². The summed E-state index contributed by atoms with van der Waals surface area (Å²) in [6, 6.07) is 7.39. The fourth-order valence-corrected chi connectivity index (χ4v) is 2.28. The van der Waals surface area contributed by atoms with Gasteiger partial charge in [-0.3, -0.25) is 4.79 Å². The summed E-state index contributed by atoms with van der Waals surface area (Å²) in [5.41, 5.74) is 7.12. The quantitative estimate of drug-likeness (QED) is 0.747. The fourth-order valence-electron chi connectivity index (χ4n) is 2.28. The lowest BCUT2D eigenvalue weighted by Crippen LogP contribution is -2.47. The second-order valence-electron chi connectivity index (χ2n) is 5.52. The zero-order valence-electron chi connectivity index (χ0n) is 11.8. The molecular weight excluding hydrogens is 256 g/mol. The summed E-state index contributed by atoms with van der Waals surface area (Å²) in [7, 11) is 0. The minimum Gasteiger partial charge on any atom is -0.396 e. The number of ether oxygens (including phenoxy) is 1. The highest BCUT2D eigenvalue weighted by Crippen LogP contribution is 2.28. The minimum absolute atomic E-state index is 0.109. The van der Waals surface area contributed by atoms with Crippen LogP contribution in [0.25, 0.3) is 0 Å². The van der Waals surface area contributed by atoms with Crippen molar-refractivity contribution in [3.63, 3.8) is 0 Å². The normalized spacial score (nSPS) is 25.6. The van der Waals surface area contributed by atoms with Crippen molar-refractivity contribution in [2.24, 2.45) is 11.1 Å². The van der Waals surface area contributed by atoms with Crippen LogP contribution in [0.15, 0.2) is 24.3 Å². The highest BCUT2D eigenvalue weighted by atomic mass is 16.5. The number of carbonyl (C=O) groups excluding carboxylic acids is 1. The molecule has 1 aromatic rings. The van der Waals surface area contributed by atoms with Gasteiger partial charge in [-0.1, -0.05) is 12.1 Å². The number of aliphatic hydroxyl groups is 1. The molecule has 0 bridgehead atoms. The first-order valence-electron chi connectivity index (χ1n) is 6.91. The van der Waals surface area contributed by atoms with Gasteiger partial charge in [0.2, 0.25) is 5.91 Å². The van der Waals surface area contributed by atoms with Crippen LogP contribution in [0.1, 0.15) is 18.9 Å². The maximum atomic E-state index is 12.4. The third-order valence-electron chi connectivity index (χ3n) is 3.84. The van der Waals surface area contributed by atoms with Crippen molar-refractivity contribution in [1.82, 2.24) is 0 Å². The molecule has 0 aliphatic carbocycles. The van der Waals surface area contributed by atoms with Crippen LogP contribution in [-0.2, 0) is 16.0 Å². The molecule has 20 heavy (non-hydrogen) atoms. The Morgan fingerprint density at radius 1 is 1.60 bits per heavy atom. The SMILES string of the molecule is CC1(C(=O)Nc2cccc(CCCO)c2)COCC1N. The van der Waals surface area contributed by atoms with Crippen LogP contribution in [0.5, 0.6) is 0 Å². The van der Waals surface area contributed by atoms with Crippen LogP contribution >= 0.6 is 0 Å². The highest BCUT2D eigenvalue weighted by molar-refractivity contribution is 5.96. The number of aryl methyl sites for hydroxylation is 1. The number of hydrogen-bond acceptors (Lipinski definition) is 4. The lowest BCUT2D eigenvalue weighted by Gasteiger charge is -2.25. The van der Waals surface area contributed by atoms with E-state index in [4.69, 9.17) is 15.6 Å². The minimum atomic E-state index is -0.679. The zero-order valence-corrected chi connectivity index (χ0v) is 11.8. The van der Waals surface area contributed by atoms with Gasteiger partial charge in [0, 0.05) is 18.3 Å².